The number of carbonyl (C=O) groups excluding carboxylic acids is 1. The van der Waals surface area contributed by atoms with Gasteiger partial charge in [-0.1, -0.05) is 0 Å². The number of methoxy groups -OCH3 is 1. The highest BCUT2D eigenvalue weighted by Gasteiger charge is 2.29. The van der Waals surface area contributed by atoms with Crippen LogP contribution in [0, 0.1) is 0 Å². The van der Waals surface area contributed by atoms with Crippen molar-refractivity contribution < 1.29 is 14.3 Å². The van der Waals surface area contributed by atoms with E-state index < -0.39 is 0 Å². The van der Waals surface area contributed by atoms with E-state index in [0.717, 1.165) is 44.0 Å². The van der Waals surface area contributed by atoms with Crippen LogP contribution in [0.1, 0.15) is 55.7 Å². The van der Waals surface area contributed by atoms with Crippen molar-refractivity contribution in [1.82, 2.24) is 19.4 Å². The van der Waals surface area contributed by atoms with Gasteiger partial charge >= 0.3 is 0 Å². The van der Waals surface area contributed by atoms with Crippen LogP contribution in [0.5, 0.6) is 11.5 Å². The number of rotatable bonds is 7. The molecule has 1 aromatic carbocycles. The number of hydrogen-bond acceptors (Lipinski definition) is 5. The molecule has 1 saturated heterocycles. The number of carbonyl (C=O) groups is 1. The molecular formula is C24H34N4O3. The first kappa shape index (κ1) is 21.7. The van der Waals surface area contributed by atoms with E-state index in [2.05, 4.69) is 28.3 Å². The average Bonchev–Trinajstić information content (AvgIpc) is 3.46. The Morgan fingerprint density at radius 3 is 2.71 bits per heavy atom. The number of benzene rings is 1. The summed E-state index contributed by atoms with van der Waals surface area (Å²) in [6.07, 6.45) is 8.74. The minimum Gasteiger partial charge on any atom is -0.493 e. The normalized spacial score (nSPS) is 20.2. The van der Waals surface area contributed by atoms with Gasteiger partial charge in [-0.25, -0.2) is 4.98 Å². The Labute approximate surface area is 184 Å². The molecule has 1 amide bonds. The maximum absolute atomic E-state index is 13.2. The molecule has 0 bridgehead atoms. The lowest BCUT2D eigenvalue weighted by atomic mass is 10.1. The van der Waals surface area contributed by atoms with Crippen LogP contribution in [0.2, 0.25) is 0 Å². The van der Waals surface area contributed by atoms with Crippen molar-refractivity contribution in [2.75, 3.05) is 26.7 Å². The van der Waals surface area contributed by atoms with Crippen LogP contribution in [0.3, 0.4) is 0 Å². The highest BCUT2D eigenvalue weighted by atomic mass is 16.5. The van der Waals surface area contributed by atoms with E-state index in [1.165, 1.54) is 12.8 Å². The third-order valence-electron chi connectivity index (χ3n) is 6.55. The van der Waals surface area contributed by atoms with Gasteiger partial charge < -0.3 is 18.9 Å². The smallest absolute Gasteiger partial charge is 0.254 e. The highest BCUT2D eigenvalue weighted by Crippen LogP contribution is 2.33. The molecule has 1 atom stereocenters. The first-order chi connectivity index (χ1) is 15.1. The Bertz CT molecular complexity index is 891. The average molecular weight is 427 g/mol. The number of aromatic nitrogens is 2. The van der Waals surface area contributed by atoms with Crippen LogP contribution in [0.15, 0.2) is 30.6 Å². The van der Waals surface area contributed by atoms with Gasteiger partial charge in [-0.15, -0.1) is 0 Å². The molecule has 0 unspecified atom stereocenters. The van der Waals surface area contributed by atoms with Gasteiger partial charge in [0.25, 0.3) is 5.91 Å². The summed E-state index contributed by atoms with van der Waals surface area (Å²) in [7, 11) is 1.63. The number of hydrogen-bond donors (Lipinski definition) is 0. The lowest BCUT2D eigenvalue weighted by Gasteiger charge is -2.39. The molecule has 0 radical (unpaired) electrons. The van der Waals surface area contributed by atoms with Gasteiger partial charge in [-0.05, 0) is 57.7 Å². The van der Waals surface area contributed by atoms with Crippen molar-refractivity contribution >= 4 is 5.91 Å². The Morgan fingerprint density at radius 1 is 1.19 bits per heavy atom. The van der Waals surface area contributed by atoms with Crippen LogP contribution in [-0.2, 0) is 13.1 Å². The number of piperazine rings is 1. The predicted molar refractivity (Wildman–Crippen MR) is 120 cm³/mol. The minimum atomic E-state index is 0.0484. The summed E-state index contributed by atoms with van der Waals surface area (Å²) >= 11 is 0. The lowest BCUT2D eigenvalue weighted by molar-refractivity contribution is 0.0485. The molecular weight excluding hydrogens is 392 g/mol. The monoisotopic (exact) mass is 426 g/mol. The summed E-state index contributed by atoms with van der Waals surface area (Å²) in [6.45, 7) is 8.29. The minimum absolute atomic E-state index is 0.0484. The van der Waals surface area contributed by atoms with E-state index in [1.807, 2.05) is 35.5 Å². The molecule has 2 fully saturated rings. The van der Waals surface area contributed by atoms with E-state index in [4.69, 9.17) is 9.47 Å². The Balaban J connectivity index is 1.39. The lowest BCUT2D eigenvalue weighted by Crippen LogP contribution is -2.53. The second-order valence-electron chi connectivity index (χ2n) is 8.59. The maximum Gasteiger partial charge on any atom is 0.254 e. The standard InChI is InChI=1S/C24H34N4O3/c1-4-26-12-11-25-23(26)17-27-13-14-28(16-18(27)2)24(29)19-9-10-21(22(15-19)30-3)31-20-7-5-6-8-20/h9-12,15,18,20H,4-8,13-14,16-17H2,1-3H3/t18-/m1/s1. The van der Waals surface area contributed by atoms with Gasteiger partial charge in [0.2, 0.25) is 0 Å². The molecule has 1 aliphatic heterocycles. The number of amides is 1. The SMILES string of the molecule is CCn1ccnc1CN1CCN(C(=O)c2ccc(OC3CCCC3)c(OC)c2)C[C@H]1C. The zero-order valence-corrected chi connectivity index (χ0v) is 18.9. The quantitative estimate of drug-likeness (QED) is 0.677. The predicted octanol–water partition coefficient (Wildman–Crippen LogP) is 3.58. The molecule has 1 aliphatic carbocycles. The molecule has 31 heavy (non-hydrogen) atoms. The van der Waals surface area contributed by atoms with E-state index in [1.54, 1.807) is 7.11 Å². The molecule has 0 N–H and O–H groups in total. The molecule has 1 aromatic heterocycles. The zero-order valence-electron chi connectivity index (χ0n) is 18.9. The van der Waals surface area contributed by atoms with Crippen molar-refractivity contribution in [1.29, 1.82) is 0 Å². The van der Waals surface area contributed by atoms with Crippen LogP contribution >= 0.6 is 0 Å². The van der Waals surface area contributed by atoms with Crippen molar-refractivity contribution in [2.24, 2.45) is 0 Å². The molecule has 7 nitrogen and oxygen atoms in total. The number of imidazole rings is 1. The van der Waals surface area contributed by atoms with Gasteiger partial charge in [0, 0.05) is 50.2 Å². The van der Waals surface area contributed by atoms with E-state index in [0.29, 0.717) is 24.4 Å². The molecule has 0 spiro atoms. The molecule has 4 rings (SSSR count). The summed E-state index contributed by atoms with van der Waals surface area (Å²) in [5.41, 5.74) is 0.651. The fourth-order valence-corrected chi connectivity index (χ4v) is 4.64. The summed E-state index contributed by atoms with van der Waals surface area (Å²) in [5, 5.41) is 0. The van der Waals surface area contributed by atoms with E-state index in [9.17, 15) is 4.79 Å². The van der Waals surface area contributed by atoms with Crippen LogP contribution < -0.4 is 9.47 Å². The summed E-state index contributed by atoms with van der Waals surface area (Å²) in [6, 6.07) is 5.84. The number of aryl methyl sites for hydroxylation is 1. The molecule has 2 aromatic rings. The maximum atomic E-state index is 13.2. The van der Waals surface area contributed by atoms with Crippen molar-refractivity contribution in [3.05, 3.63) is 42.0 Å². The largest absolute Gasteiger partial charge is 0.493 e. The summed E-state index contributed by atoms with van der Waals surface area (Å²) < 4.78 is 13.8. The first-order valence-corrected chi connectivity index (χ1v) is 11.5. The molecule has 2 heterocycles. The third-order valence-corrected chi connectivity index (χ3v) is 6.55. The zero-order chi connectivity index (χ0) is 21.8. The fraction of sp³-hybridized carbons (Fsp3) is 0.583. The van der Waals surface area contributed by atoms with Crippen LogP contribution in [0.4, 0.5) is 0 Å². The van der Waals surface area contributed by atoms with Crippen molar-refractivity contribution in [3.63, 3.8) is 0 Å². The molecule has 1 saturated carbocycles. The molecule has 2 aliphatic rings. The Kier molecular flexibility index (Phi) is 6.80. The topological polar surface area (TPSA) is 59.8 Å². The highest BCUT2D eigenvalue weighted by molar-refractivity contribution is 5.95. The van der Waals surface area contributed by atoms with Gasteiger partial charge in [0.05, 0.1) is 19.8 Å². The van der Waals surface area contributed by atoms with E-state index >= 15 is 0 Å². The summed E-state index contributed by atoms with van der Waals surface area (Å²) in [5.74, 6) is 2.50. The van der Waals surface area contributed by atoms with Crippen molar-refractivity contribution in [3.8, 4) is 11.5 Å². The molecule has 168 valence electrons. The summed E-state index contributed by atoms with van der Waals surface area (Å²) in [4.78, 5) is 22.0. The van der Waals surface area contributed by atoms with Gasteiger partial charge in [0.1, 0.15) is 5.82 Å². The van der Waals surface area contributed by atoms with E-state index in [-0.39, 0.29) is 18.1 Å². The number of ether oxygens (including phenoxy) is 2. The van der Waals surface area contributed by atoms with Gasteiger partial charge in [-0.3, -0.25) is 9.69 Å². The molecule has 7 heteroatoms. The number of nitrogens with zero attached hydrogens (tertiary/aromatic N) is 4. The van der Waals surface area contributed by atoms with Crippen LogP contribution in [-0.4, -0.2) is 64.1 Å². The second-order valence-corrected chi connectivity index (χ2v) is 8.59. The third kappa shape index (κ3) is 4.87. The second kappa shape index (κ2) is 9.73. The van der Waals surface area contributed by atoms with Crippen LogP contribution in [0.25, 0.3) is 0 Å². The van der Waals surface area contributed by atoms with Gasteiger partial charge in [-0.2, -0.15) is 0 Å². The van der Waals surface area contributed by atoms with Crippen molar-refractivity contribution in [2.45, 2.75) is 64.8 Å². The Morgan fingerprint density at radius 2 is 2.00 bits per heavy atom. The Hall–Kier alpha value is -2.54. The van der Waals surface area contributed by atoms with Gasteiger partial charge in [0.15, 0.2) is 11.5 Å². The first-order valence-electron chi connectivity index (χ1n) is 11.5. The fourth-order valence-electron chi connectivity index (χ4n) is 4.64.